The topological polar surface area (TPSA) is 62.1 Å². The van der Waals surface area contributed by atoms with Gasteiger partial charge in [-0.3, -0.25) is 0 Å². The zero-order valence-corrected chi connectivity index (χ0v) is 13.7. The van der Waals surface area contributed by atoms with Crippen molar-refractivity contribution in [3.63, 3.8) is 0 Å². The first kappa shape index (κ1) is 18.0. The van der Waals surface area contributed by atoms with Crippen molar-refractivity contribution >= 4 is 6.09 Å². The predicted molar refractivity (Wildman–Crippen MR) is 82.7 cm³/mol. The van der Waals surface area contributed by atoms with Crippen molar-refractivity contribution < 1.29 is 13.9 Å². The molecule has 120 valence electrons. The van der Waals surface area contributed by atoms with Crippen LogP contribution in [-0.4, -0.2) is 11.7 Å². The second-order valence-electron chi connectivity index (χ2n) is 6.68. The average Bonchev–Trinajstić information content (AvgIpc) is 2.35. The minimum atomic E-state index is -0.595. The molecule has 0 aliphatic heterocycles. The van der Waals surface area contributed by atoms with Crippen molar-refractivity contribution in [2.75, 3.05) is 0 Å². The third-order valence-electron chi connectivity index (χ3n) is 2.91. The molecule has 0 saturated carbocycles. The molecule has 1 amide bonds. The summed E-state index contributed by atoms with van der Waals surface area (Å²) in [6, 6.07) is 5.80. The van der Waals surface area contributed by atoms with Gasteiger partial charge in [0.1, 0.15) is 17.5 Å². The lowest BCUT2D eigenvalue weighted by atomic mass is 9.96. The molecule has 1 N–H and O–H groups in total. The summed E-state index contributed by atoms with van der Waals surface area (Å²) in [6.07, 6.45) is 0.104. The Balaban J connectivity index is 2.96. The Bertz CT molecular complexity index is 571. The molecule has 0 spiro atoms. The van der Waals surface area contributed by atoms with Crippen LogP contribution in [0.3, 0.4) is 0 Å². The molecule has 1 rings (SSSR count). The summed E-state index contributed by atoms with van der Waals surface area (Å²) in [7, 11) is 0. The van der Waals surface area contributed by atoms with Gasteiger partial charge in [-0.2, -0.15) is 5.26 Å². The first-order chi connectivity index (χ1) is 10.1. The number of carbonyl (C=O) groups is 1. The lowest BCUT2D eigenvalue weighted by Gasteiger charge is -2.25. The van der Waals surface area contributed by atoms with Crippen LogP contribution >= 0.6 is 0 Å². The predicted octanol–water partition coefficient (Wildman–Crippen LogP) is 4.31. The highest BCUT2D eigenvalue weighted by atomic mass is 19.1. The van der Waals surface area contributed by atoms with Gasteiger partial charge < -0.3 is 10.1 Å². The smallest absolute Gasteiger partial charge is 0.408 e. The van der Waals surface area contributed by atoms with Crippen LogP contribution in [0.1, 0.15) is 58.2 Å². The van der Waals surface area contributed by atoms with Crippen LogP contribution in [0.5, 0.6) is 0 Å². The quantitative estimate of drug-likeness (QED) is 0.901. The molecule has 0 heterocycles. The van der Waals surface area contributed by atoms with Crippen LogP contribution in [0.25, 0.3) is 0 Å². The van der Waals surface area contributed by atoms with Crippen molar-refractivity contribution in [2.45, 2.75) is 52.7 Å². The monoisotopic (exact) mass is 306 g/mol. The number of ether oxygens (including phenoxy) is 1. The Labute approximate surface area is 131 Å². The zero-order chi connectivity index (χ0) is 16.9. The molecule has 0 aliphatic carbocycles. The van der Waals surface area contributed by atoms with E-state index in [1.165, 1.54) is 12.1 Å². The van der Waals surface area contributed by atoms with E-state index in [-0.39, 0.29) is 11.6 Å². The van der Waals surface area contributed by atoms with E-state index in [0.29, 0.717) is 17.9 Å². The Morgan fingerprint density at radius 1 is 1.41 bits per heavy atom. The number of hydrogen-bond acceptors (Lipinski definition) is 3. The molecule has 5 heteroatoms. The number of benzene rings is 1. The third kappa shape index (κ3) is 5.72. The van der Waals surface area contributed by atoms with E-state index >= 15 is 0 Å². The molecule has 1 unspecified atom stereocenters. The van der Waals surface area contributed by atoms with Crippen LogP contribution in [0.2, 0.25) is 0 Å². The average molecular weight is 306 g/mol. The van der Waals surface area contributed by atoms with Gasteiger partial charge in [-0.1, -0.05) is 19.9 Å². The lowest BCUT2D eigenvalue weighted by molar-refractivity contribution is 0.0497. The number of hydrogen-bond donors (Lipinski definition) is 1. The van der Waals surface area contributed by atoms with E-state index in [1.807, 2.05) is 13.8 Å². The highest BCUT2D eigenvalue weighted by molar-refractivity contribution is 5.68. The molecule has 0 bridgehead atoms. The van der Waals surface area contributed by atoms with Crippen LogP contribution in [0.4, 0.5) is 9.18 Å². The van der Waals surface area contributed by atoms with Crippen LogP contribution in [-0.2, 0) is 4.74 Å². The van der Waals surface area contributed by atoms with Gasteiger partial charge >= 0.3 is 6.09 Å². The lowest BCUT2D eigenvalue weighted by Crippen LogP contribution is -2.35. The number of nitriles is 1. The van der Waals surface area contributed by atoms with E-state index in [1.54, 1.807) is 32.9 Å². The summed E-state index contributed by atoms with van der Waals surface area (Å²) in [5, 5.41) is 11.6. The molecule has 0 aromatic heterocycles. The maximum Gasteiger partial charge on any atom is 0.408 e. The van der Waals surface area contributed by atoms with E-state index in [9.17, 15) is 9.18 Å². The van der Waals surface area contributed by atoms with E-state index in [2.05, 4.69) is 5.32 Å². The van der Waals surface area contributed by atoms with Gasteiger partial charge in [-0.25, -0.2) is 9.18 Å². The fourth-order valence-corrected chi connectivity index (χ4v) is 2.04. The first-order valence-corrected chi connectivity index (χ1v) is 7.31. The summed E-state index contributed by atoms with van der Waals surface area (Å²) < 4.78 is 19.0. The second-order valence-corrected chi connectivity index (χ2v) is 6.68. The fourth-order valence-electron chi connectivity index (χ4n) is 2.04. The largest absolute Gasteiger partial charge is 0.444 e. The van der Waals surface area contributed by atoms with Gasteiger partial charge in [0.2, 0.25) is 0 Å². The Hall–Kier alpha value is -2.09. The molecule has 1 atom stereocenters. The fraction of sp³-hybridized carbons (Fsp3) is 0.529. The van der Waals surface area contributed by atoms with Crippen molar-refractivity contribution in [1.82, 2.24) is 5.32 Å². The first-order valence-electron chi connectivity index (χ1n) is 7.31. The van der Waals surface area contributed by atoms with Gasteiger partial charge in [0.25, 0.3) is 0 Å². The standard InChI is InChI=1S/C17H23FN2O2/c1-11(2)8-15(20-16(21)22-17(3,4)5)12-6-7-13(10-19)14(18)9-12/h6-7,9,11,15H,8H2,1-5H3,(H,20,21). The zero-order valence-electron chi connectivity index (χ0n) is 13.7. The number of amides is 1. The Morgan fingerprint density at radius 2 is 2.05 bits per heavy atom. The van der Waals surface area contributed by atoms with Gasteiger partial charge in [-0.15, -0.1) is 0 Å². The number of carbonyl (C=O) groups excluding carboxylic acids is 1. The Kier molecular flexibility index (Phi) is 5.92. The van der Waals surface area contributed by atoms with Crippen molar-refractivity contribution in [3.8, 4) is 6.07 Å². The molecular weight excluding hydrogens is 283 g/mol. The molecular formula is C17H23FN2O2. The number of nitrogens with zero attached hydrogens (tertiary/aromatic N) is 1. The minimum Gasteiger partial charge on any atom is -0.444 e. The van der Waals surface area contributed by atoms with Crippen molar-refractivity contribution in [1.29, 1.82) is 5.26 Å². The molecule has 0 fully saturated rings. The number of alkyl carbamates (subject to hydrolysis) is 1. The maximum absolute atomic E-state index is 13.8. The number of nitrogens with one attached hydrogen (secondary N) is 1. The Morgan fingerprint density at radius 3 is 2.50 bits per heavy atom. The summed E-state index contributed by atoms with van der Waals surface area (Å²) >= 11 is 0. The third-order valence-corrected chi connectivity index (χ3v) is 2.91. The normalized spacial score (nSPS) is 12.6. The van der Waals surface area contributed by atoms with Gasteiger partial charge in [0, 0.05) is 0 Å². The van der Waals surface area contributed by atoms with Crippen molar-refractivity contribution in [2.24, 2.45) is 5.92 Å². The number of rotatable bonds is 4. The summed E-state index contributed by atoms with van der Waals surface area (Å²) in [4.78, 5) is 12.0. The summed E-state index contributed by atoms with van der Waals surface area (Å²) in [6.45, 7) is 9.38. The summed E-state index contributed by atoms with van der Waals surface area (Å²) in [5.41, 5.74) is 0.0166. The van der Waals surface area contributed by atoms with E-state index in [4.69, 9.17) is 10.00 Å². The highest BCUT2D eigenvalue weighted by Crippen LogP contribution is 2.24. The second kappa shape index (κ2) is 7.26. The van der Waals surface area contributed by atoms with Gasteiger partial charge in [0.05, 0.1) is 11.6 Å². The summed E-state index contributed by atoms with van der Waals surface area (Å²) in [5.74, 6) is -0.279. The number of halogens is 1. The molecule has 0 aliphatic rings. The molecule has 0 saturated heterocycles. The van der Waals surface area contributed by atoms with E-state index in [0.717, 1.165) is 0 Å². The SMILES string of the molecule is CC(C)CC(NC(=O)OC(C)(C)C)c1ccc(C#N)c(F)c1. The van der Waals surface area contributed by atoms with Gasteiger partial charge in [0.15, 0.2) is 0 Å². The minimum absolute atomic E-state index is 0.00989. The maximum atomic E-state index is 13.8. The van der Waals surface area contributed by atoms with Crippen molar-refractivity contribution in [3.05, 3.63) is 35.1 Å². The molecule has 0 radical (unpaired) electrons. The molecule has 22 heavy (non-hydrogen) atoms. The van der Waals surface area contributed by atoms with E-state index < -0.39 is 17.5 Å². The molecule has 1 aromatic carbocycles. The van der Waals surface area contributed by atoms with Crippen LogP contribution < -0.4 is 5.32 Å². The van der Waals surface area contributed by atoms with Crippen LogP contribution in [0, 0.1) is 23.1 Å². The van der Waals surface area contributed by atoms with Crippen LogP contribution in [0.15, 0.2) is 18.2 Å². The van der Waals surface area contributed by atoms with Gasteiger partial charge in [-0.05, 0) is 50.8 Å². The molecule has 4 nitrogen and oxygen atoms in total. The molecule has 1 aromatic rings. The highest BCUT2D eigenvalue weighted by Gasteiger charge is 2.22.